The van der Waals surface area contributed by atoms with Crippen molar-refractivity contribution < 1.29 is 28.4 Å². The van der Waals surface area contributed by atoms with Crippen LogP contribution < -0.4 is 10.1 Å². The number of carbonyl (C=O) groups is 2. The van der Waals surface area contributed by atoms with Crippen molar-refractivity contribution >= 4 is 25.1 Å². The monoisotopic (exact) mass is 463 g/mol. The molecule has 0 aromatic heterocycles. The lowest BCUT2D eigenvalue weighted by Crippen LogP contribution is -2.41. The standard InChI is InChI=1S/C26H30BNO6/c1-25(2)26(3,4)34-27(33-25)20(16-28-24(30)32-17-18-8-6-5-7-9-18)14-19-10-11-23-21(15-19)22(29)12-13-31-23/h5-11,14-15H,12-13,16-17H2,1-4H3,(H,28,30). The van der Waals surface area contributed by atoms with Gasteiger partial charge in [0.25, 0.3) is 0 Å². The molecule has 2 aliphatic rings. The number of hydrogen-bond acceptors (Lipinski definition) is 6. The number of amides is 1. The molecule has 1 saturated heterocycles. The minimum Gasteiger partial charge on any atom is -0.492 e. The molecule has 1 N–H and O–H groups in total. The molecule has 2 aliphatic heterocycles. The zero-order chi connectivity index (χ0) is 24.3. The molecule has 2 aromatic rings. The van der Waals surface area contributed by atoms with E-state index in [4.69, 9.17) is 18.8 Å². The van der Waals surface area contributed by atoms with Crippen LogP contribution >= 0.6 is 0 Å². The maximum atomic E-state index is 12.4. The van der Waals surface area contributed by atoms with Crippen LogP contribution in [0.15, 0.2) is 54.0 Å². The molecule has 2 aromatic carbocycles. The number of alkyl carbamates (subject to hydrolysis) is 1. The minimum absolute atomic E-state index is 0.0521. The summed E-state index contributed by atoms with van der Waals surface area (Å²) in [7, 11) is -0.664. The van der Waals surface area contributed by atoms with E-state index in [1.54, 1.807) is 12.1 Å². The third-order valence-corrected chi connectivity index (χ3v) is 6.45. The van der Waals surface area contributed by atoms with Crippen molar-refractivity contribution in [3.05, 3.63) is 70.7 Å². The largest absolute Gasteiger partial charge is 0.492 e. The maximum Gasteiger partial charge on any atom is 0.492 e. The number of benzene rings is 2. The molecule has 1 amide bonds. The Morgan fingerprint density at radius 1 is 1.09 bits per heavy atom. The number of ketones is 1. The number of rotatable bonds is 6. The lowest BCUT2D eigenvalue weighted by Gasteiger charge is -2.32. The smallest absolute Gasteiger partial charge is 0.492 e. The van der Waals surface area contributed by atoms with Crippen LogP contribution in [0.4, 0.5) is 4.79 Å². The molecule has 0 aliphatic carbocycles. The molecule has 0 bridgehead atoms. The van der Waals surface area contributed by atoms with Crippen molar-refractivity contribution in [3.63, 3.8) is 0 Å². The fourth-order valence-corrected chi connectivity index (χ4v) is 3.73. The summed E-state index contributed by atoms with van der Waals surface area (Å²) in [6.07, 6.45) is 1.70. The first-order chi connectivity index (χ1) is 16.1. The number of carbonyl (C=O) groups excluding carboxylic acids is 2. The van der Waals surface area contributed by atoms with Crippen LogP contribution in [0.2, 0.25) is 0 Å². The first kappa shape index (κ1) is 24.0. The molecule has 34 heavy (non-hydrogen) atoms. The van der Waals surface area contributed by atoms with Crippen molar-refractivity contribution in [1.82, 2.24) is 5.32 Å². The molecule has 0 atom stereocenters. The first-order valence-electron chi connectivity index (χ1n) is 11.5. The molecular weight excluding hydrogens is 433 g/mol. The van der Waals surface area contributed by atoms with E-state index in [0.717, 1.165) is 11.1 Å². The zero-order valence-electron chi connectivity index (χ0n) is 20.1. The van der Waals surface area contributed by atoms with E-state index >= 15 is 0 Å². The van der Waals surface area contributed by atoms with Gasteiger partial charge in [0.1, 0.15) is 12.4 Å². The van der Waals surface area contributed by atoms with Gasteiger partial charge in [0, 0.05) is 13.0 Å². The summed E-state index contributed by atoms with van der Waals surface area (Å²) < 4.78 is 23.4. The van der Waals surface area contributed by atoms with Gasteiger partial charge in [-0.1, -0.05) is 42.5 Å². The van der Waals surface area contributed by atoms with Gasteiger partial charge in [0.15, 0.2) is 5.78 Å². The second-order valence-corrected chi connectivity index (χ2v) is 9.50. The van der Waals surface area contributed by atoms with Gasteiger partial charge in [-0.05, 0) is 56.4 Å². The van der Waals surface area contributed by atoms with Gasteiger partial charge < -0.3 is 24.1 Å². The van der Waals surface area contributed by atoms with E-state index < -0.39 is 24.4 Å². The van der Waals surface area contributed by atoms with Crippen LogP contribution in [0, 0.1) is 0 Å². The third kappa shape index (κ3) is 5.34. The molecule has 0 saturated carbocycles. The SMILES string of the molecule is CC1(C)OB(C(=Cc2ccc3c(c2)C(=O)CCO3)CNC(=O)OCc2ccccc2)OC1(C)C. The normalized spacial score (nSPS) is 18.8. The van der Waals surface area contributed by atoms with Gasteiger partial charge in [-0.15, -0.1) is 0 Å². The van der Waals surface area contributed by atoms with Crippen molar-refractivity contribution in [3.8, 4) is 5.75 Å². The quantitative estimate of drug-likeness (QED) is 0.631. The third-order valence-electron chi connectivity index (χ3n) is 6.45. The van der Waals surface area contributed by atoms with E-state index in [1.807, 2.05) is 70.2 Å². The van der Waals surface area contributed by atoms with Crippen LogP contribution in [0.25, 0.3) is 6.08 Å². The second-order valence-electron chi connectivity index (χ2n) is 9.50. The molecule has 0 radical (unpaired) electrons. The highest BCUT2D eigenvalue weighted by Gasteiger charge is 2.52. The highest BCUT2D eigenvalue weighted by molar-refractivity contribution is 6.56. The van der Waals surface area contributed by atoms with E-state index in [-0.39, 0.29) is 18.9 Å². The Morgan fingerprint density at radius 2 is 1.79 bits per heavy atom. The zero-order valence-corrected chi connectivity index (χ0v) is 20.1. The number of fused-ring (bicyclic) bond motifs is 1. The van der Waals surface area contributed by atoms with Crippen LogP contribution in [0.3, 0.4) is 0 Å². The lowest BCUT2D eigenvalue weighted by atomic mass is 9.77. The number of ether oxygens (including phenoxy) is 2. The Labute approximate surface area is 200 Å². The summed E-state index contributed by atoms with van der Waals surface area (Å²) in [5.74, 6) is 0.643. The Kier molecular flexibility index (Phi) is 6.82. The molecule has 8 heteroatoms. The summed E-state index contributed by atoms with van der Waals surface area (Å²) in [6, 6.07) is 14.9. The van der Waals surface area contributed by atoms with Gasteiger partial charge >= 0.3 is 13.2 Å². The lowest BCUT2D eigenvalue weighted by molar-refractivity contribution is 0.00578. The van der Waals surface area contributed by atoms with Gasteiger partial charge in [-0.25, -0.2) is 4.79 Å². The van der Waals surface area contributed by atoms with Gasteiger partial charge in [-0.3, -0.25) is 4.79 Å². The molecule has 0 unspecified atom stereocenters. The Bertz CT molecular complexity index is 1080. The fourth-order valence-electron chi connectivity index (χ4n) is 3.73. The predicted octanol–water partition coefficient (Wildman–Crippen LogP) is 4.59. The topological polar surface area (TPSA) is 83.1 Å². The molecule has 2 heterocycles. The van der Waals surface area contributed by atoms with Crippen molar-refractivity contribution in [1.29, 1.82) is 0 Å². The van der Waals surface area contributed by atoms with E-state index in [0.29, 0.717) is 29.8 Å². The van der Waals surface area contributed by atoms with E-state index in [1.165, 1.54) is 0 Å². The number of Topliss-reactive ketones (excluding diaryl/α,β-unsaturated/α-hetero) is 1. The van der Waals surface area contributed by atoms with Crippen LogP contribution in [-0.2, 0) is 20.7 Å². The second kappa shape index (κ2) is 9.64. The average molecular weight is 463 g/mol. The number of nitrogens with one attached hydrogen (secondary N) is 1. The summed E-state index contributed by atoms with van der Waals surface area (Å²) in [6.45, 7) is 8.63. The van der Waals surface area contributed by atoms with Crippen molar-refractivity contribution in [2.45, 2.75) is 51.9 Å². The van der Waals surface area contributed by atoms with Crippen molar-refractivity contribution in [2.75, 3.05) is 13.2 Å². The highest BCUT2D eigenvalue weighted by atomic mass is 16.7. The maximum absolute atomic E-state index is 12.4. The van der Waals surface area contributed by atoms with E-state index in [2.05, 4.69) is 5.32 Å². The first-order valence-corrected chi connectivity index (χ1v) is 11.5. The van der Waals surface area contributed by atoms with Crippen LogP contribution in [0.5, 0.6) is 5.75 Å². The molecule has 0 spiro atoms. The van der Waals surface area contributed by atoms with Crippen LogP contribution in [-0.4, -0.2) is 43.3 Å². The molecular formula is C26H30BNO6. The summed E-state index contributed by atoms with van der Waals surface area (Å²) >= 11 is 0. The van der Waals surface area contributed by atoms with Crippen LogP contribution in [0.1, 0.15) is 55.6 Å². The molecule has 1 fully saturated rings. The average Bonchev–Trinajstić information content (AvgIpc) is 3.03. The predicted molar refractivity (Wildman–Crippen MR) is 130 cm³/mol. The Morgan fingerprint density at radius 3 is 2.50 bits per heavy atom. The fraction of sp³-hybridized carbons (Fsp3) is 0.385. The highest BCUT2D eigenvalue weighted by Crippen LogP contribution is 2.39. The Balaban J connectivity index is 1.52. The molecule has 178 valence electrons. The van der Waals surface area contributed by atoms with Crippen molar-refractivity contribution in [2.24, 2.45) is 0 Å². The minimum atomic E-state index is -0.664. The van der Waals surface area contributed by atoms with Gasteiger partial charge in [0.05, 0.1) is 23.4 Å². The summed E-state index contributed by atoms with van der Waals surface area (Å²) in [5, 5.41) is 2.79. The molecule has 7 nitrogen and oxygen atoms in total. The van der Waals surface area contributed by atoms with Gasteiger partial charge in [-0.2, -0.15) is 0 Å². The summed E-state index contributed by atoms with van der Waals surface area (Å²) in [5.41, 5.74) is 1.89. The number of hydrogen-bond donors (Lipinski definition) is 1. The van der Waals surface area contributed by atoms with E-state index in [9.17, 15) is 9.59 Å². The summed E-state index contributed by atoms with van der Waals surface area (Å²) in [4.78, 5) is 24.7. The van der Waals surface area contributed by atoms with Gasteiger partial charge in [0.2, 0.25) is 0 Å². The Hall–Kier alpha value is -3.10. The molecule has 4 rings (SSSR count).